The molecule has 8 heteroatoms. The van der Waals surface area contributed by atoms with Crippen LogP contribution in [0.2, 0.25) is 0 Å². The van der Waals surface area contributed by atoms with Crippen molar-refractivity contribution in [3.63, 3.8) is 0 Å². The van der Waals surface area contributed by atoms with Crippen molar-refractivity contribution in [3.8, 4) is 0 Å². The Morgan fingerprint density at radius 1 is 1.29 bits per heavy atom. The maximum absolute atomic E-state index is 13.6. The first-order chi connectivity index (χ1) is 9.90. The quantitative estimate of drug-likeness (QED) is 0.617. The smallest absolute Gasteiger partial charge is 0.307 e. The highest BCUT2D eigenvalue weighted by Crippen LogP contribution is 2.21. The minimum atomic E-state index is -1.24. The van der Waals surface area contributed by atoms with Gasteiger partial charge in [-0.3, -0.25) is 14.9 Å². The number of halogens is 2. The lowest BCUT2D eigenvalue weighted by Crippen LogP contribution is -2.35. The van der Waals surface area contributed by atoms with E-state index in [4.69, 9.17) is 0 Å². The summed E-state index contributed by atoms with van der Waals surface area (Å²) in [5.41, 5.74) is -1.54. The molecular weight excluding hydrogens is 284 g/mol. The maximum atomic E-state index is 13.6. The third-order valence-electron chi connectivity index (χ3n) is 3.09. The number of amides is 1. The second kappa shape index (κ2) is 7.63. The molecule has 116 valence electrons. The monoisotopic (exact) mass is 301 g/mol. The highest BCUT2D eigenvalue weighted by Gasteiger charge is 2.21. The Labute approximate surface area is 120 Å². The number of carbonyl (C=O) groups excluding carboxylic acids is 1. The van der Waals surface area contributed by atoms with E-state index in [1.54, 1.807) is 0 Å². The fourth-order valence-corrected chi connectivity index (χ4v) is 1.81. The van der Waals surface area contributed by atoms with Crippen molar-refractivity contribution in [2.45, 2.75) is 13.8 Å². The molecule has 0 spiro atoms. The summed E-state index contributed by atoms with van der Waals surface area (Å²) in [6, 6.07) is 0.953. The Bertz CT molecular complexity index is 534. The largest absolute Gasteiger partial charge is 0.351 e. The summed E-state index contributed by atoms with van der Waals surface area (Å²) in [5.74, 6) is -3.16. The normalized spacial score (nSPS) is 10.7. The molecule has 0 aliphatic rings. The van der Waals surface area contributed by atoms with Gasteiger partial charge < -0.3 is 10.2 Å². The predicted molar refractivity (Wildman–Crippen MR) is 73.1 cm³/mol. The number of hydrogen-bond donors (Lipinski definition) is 1. The van der Waals surface area contributed by atoms with Crippen LogP contribution in [0, 0.1) is 21.7 Å². The van der Waals surface area contributed by atoms with E-state index < -0.39 is 33.7 Å². The minimum Gasteiger partial charge on any atom is -0.351 e. The number of nitro benzene ring substituents is 1. The van der Waals surface area contributed by atoms with Gasteiger partial charge >= 0.3 is 5.69 Å². The minimum absolute atomic E-state index is 0.276. The van der Waals surface area contributed by atoms with Gasteiger partial charge in [0.25, 0.3) is 5.91 Å². The topological polar surface area (TPSA) is 75.5 Å². The molecule has 0 fully saturated rings. The molecule has 0 saturated carbocycles. The van der Waals surface area contributed by atoms with Crippen LogP contribution < -0.4 is 5.32 Å². The first-order valence-electron chi connectivity index (χ1n) is 6.54. The first-order valence-corrected chi connectivity index (χ1v) is 6.54. The maximum Gasteiger partial charge on any atom is 0.307 e. The molecule has 1 N–H and O–H groups in total. The Balaban J connectivity index is 2.75. The van der Waals surface area contributed by atoms with E-state index in [2.05, 4.69) is 5.32 Å². The summed E-state index contributed by atoms with van der Waals surface area (Å²) >= 11 is 0. The van der Waals surface area contributed by atoms with Gasteiger partial charge in [-0.05, 0) is 19.2 Å². The van der Waals surface area contributed by atoms with E-state index in [-0.39, 0.29) is 6.54 Å². The Kier molecular flexibility index (Phi) is 6.16. The molecule has 1 rings (SSSR count). The zero-order valence-corrected chi connectivity index (χ0v) is 11.9. The molecule has 0 radical (unpaired) electrons. The van der Waals surface area contributed by atoms with Gasteiger partial charge in [0, 0.05) is 13.1 Å². The van der Waals surface area contributed by atoms with Crippen molar-refractivity contribution in [2.75, 3.05) is 26.2 Å². The Morgan fingerprint density at radius 2 is 1.90 bits per heavy atom. The fourth-order valence-electron chi connectivity index (χ4n) is 1.81. The molecule has 0 aliphatic heterocycles. The van der Waals surface area contributed by atoms with Crippen molar-refractivity contribution >= 4 is 11.6 Å². The molecular formula is C13H17F2N3O3. The molecule has 0 atom stereocenters. The number of likely N-dealkylation sites (N-methyl/N-ethyl adjacent to an activating group) is 1. The molecule has 21 heavy (non-hydrogen) atoms. The SMILES string of the molecule is CCN(CC)CCNC(=O)c1cc(F)c([N+](=O)[O-])cc1F. The molecule has 0 aromatic heterocycles. The van der Waals surface area contributed by atoms with Gasteiger partial charge in [-0.25, -0.2) is 4.39 Å². The average Bonchev–Trinajstić information content (AvgIpc) is 2.45. The highest BCUT2D eigenvalue weighted by atomic mass is 19.1. The molecule has 0 aliphatic carbocycles. The zero-order valence-electron chi connectivity index (χ0n) is 11.9. The lowest BCUT2D eigenvalue weighted by molar-refractivity contribution is -0.387. The van der Waals surface area contributed by atoms with Crippen molar-refractivity contribution in [3.05, 3.63) is 39.4 Å². The number of rotatable bonds is 7. The van der Waals surface area contributed by atoms with Gasteiger partial charge in [-0.2, -0.15) is 4.39 Å². The van der Waals surface area contributed by atoms with Crippen molar-refractivity contribution in [2.24, 2.45) is 0 Å². The van der Waals surface area contributed by atoms with Crippen molar-refractivity contribution in [1.82, 2.24) is 10.2 Å². The number of nitrogens with one attached hydrogen (secondary N) is 1. The van der Waals surface area contributed by atoms with Crippen LogP contribution in [-0.4, -0.2) is 41.9 Å². The van der Waals surface area contributed by atoms with E-state index in [1.807, 2.05) is 18.7 Å². The van der Waals surface area contributed by atoms with Crippen LogP contribution in [-0.2, 0) is 0 Å². The molecule has 6 nitrogen and oxygen atoms in total. The summed E-state index contributed by atoms with van der Waals surface area (Å²) in [7, 11) is 0. The summed E-state index contributed by atoms with van der Waals surface area (Å²) in [6.45, 7) is 6.42. The standard InChI is InChI=1S/C13H17F2N3O3/c1-3-17(4-2)6-5-16-13(19)9-7-11(15)12(18(20)21)8-10(9)14/h7-8H,3-6H2,1-2H3,(H,16,19). The van der Waals surface area contributed by atoms with Gasteiger partial charge in [0.1, 0.15) is 5.82 Å². The second-order valence-corrected chi connectivity index (χ2v) is 4.32. The van der Waals surface area contributed by atoms with Gasteiger partial charge in [0.15, 0.2) is 0 Å². The van der Waals surface area contributed by atoms with Crippen LogP contribution in [0.4, 0.5) is 14.5 Å². The van der Waals surface area contributed by atoms with E-state index in [9.17, 15) is 23.7 Å². The van der Waals surface area contributed by atoms with Crippen molar-refractivity contribution < 1.29 is 18.5 Å². The lowest BCUT2D eigenvalue weighted by atomic mass is 10.1. The van der Waals surface area contributed by atoms with Gasteiger partial charge in [-0.1, -0.05) is 13.8 Å². The molecule has 1 aromatic rings. The lowest BCUT2D eigenvalue weighted by Gasteiger charge is -2.18. The van der Waals surface area contributed by atoms with E-state index >= 15 is 0 Å². The van der Waals surface area contributed by atoms with Crippen LogP contribution in [0.1, 0.15) is 24.2 Å². The second-order valence-electron chi connectivity index (χ2n) is 4.32. The molecule has 0 unspecified atom stereocenters. The van der Waals surface area contributed by atoms with Crippen LogP contribution in [0.15, 0.2) is 12.1 Å². The Morgan fingerprint density at radius 3 is 2.43 bits per heavy atom. The van der Waals surface area contributed by atoms with E-state index in [1.165, 1.54) is 0 Å². The number of benzene rings is 1. The third-order valence-corrected chi connectivity index (χ3v) is 3.09. The number of hydrogen-bond acceptors (Lipinski definition) is 4. The third kappa shape index (κ3) is 4.45. The van der Waals surface area contributed by atoms with Crippen LogP contribution >= 0.6 is 0 Å². The molecule has 1 amide bonds. The van der Waals surface area contributed by atoms with E-state index in [0.717, 1.165) is 13.1 Å². The number of nitro groups is 1. The molecule has 0 saturated heterocycles. The van der Waals surface area contributed by atoms with E-state index in [0.29, 0.717) is 18.7 Å². The summed E-state index contributed by atoms with van der Waals surface area (Å²) in [4.78, 5) is 23.2. The van der Waals surface area contributed by atoms with Gasteiger partial charge in [0.2, 0.25) is 5.82 Å². The highest BCUT2D eigenvalue weighted by molar-refractivity contribution is 5.94. The van der Waals surface area contributed by atoms with Gasteiger partial charge in [-0.15, -0.1) is 0 Å². The number of nitrogens with zero attached hydrogens (tertiary/aromatic N) is 2. The Hall–Kier alpha value is -2.09. The van der Waals surface area contributed by atoms with Crippen molar-refractivity contribution in [1.29, 1.82) is 0 Å². The summed E-state index contributed by atoms with van der Waals surface area (Å²) in [6.07, 6.45) is 0. The average molecular weight is 301 g/mol. The summed E-state index contributed by atoms with van der Waals surface area (Å²) in [5, 5.41) is 12.9. The predicted octanol–water partition coefficient (Wildman–Crippen LogP) is 1.94. The first kappa shape index (κ1) is 17.0. The van der Waals surface area contributed by atoms with Crippen LogP contribution in [0.5, 0.6) is 0 Å². The van der Waals surface area contributed by atoms with Crippen LogP contribution in [0.3, 0.4) is 0 Å². The number of carbonyl (C=O) groups is 1. The zero-order chi connectivity index (χ0) is 16.0. The van der Waals surface area contributed by atoms with Gasteiger partial charge in [0.05, 0.1) is 16.6 Å². The van der Waals surface area contributed by atoms with Crippen LogP contribution in [0.25, 0.3) is 0 Å². The fraction of sp³-hybridized carbons (Fsp3) is 0.462. The summed E-state index contributed by atoms with van der Waals surface area (Å²) < 4.78 is 27.0. The molecule has 0 heterocycles. The molecule has 1 aromatic carbocycles. The molecule has 0 bridgehead atoms.